The van der Waals surface area contributed by atoms with Crippen molar-refractivity contribution in [2.24, 2.45) is 0 Å². The number of nitrogens with zero attached hydrogens (tertiary/aromatic N) is 1. The molecule has 0 spiro atoms. The second kappa shape index (κ2) is 6.15. The number of fused-ring (bicyclic) bond motifs is 2. The zero-order valence-corrected chi connectivity index (χ0v) is 15.2. The highest BCUT2D eigenvalue weighted by molar-refractivity contribution is 7.93. The summed E-state index contributed by atoms with van der Waals surface area (Å²) >= 11 is 1.22. The molecular weight excluding hydrogens is 376 g/mol. The minimum Gasteiger partial charge on any atom is -0.494 e. The number of imidazole rings is 1. The van der Waals surface area contributed by atoms with Crippen molar-refractivity contribution < 1.29 is 13.2 Å². The van der Waals surface area contributed by atoms with Crippen molar-refractivity contribution in [3.63, 3.8) is 0 Å². The number of thiazole rings is 1. The largest absolute Gasteiger partial charge is 0.494 e. The Morgan fingerprint density at radius 3 is 2.77 bits per heavy atom. The van der Waals surface area contributed by atoms with E-state index >= 15 is 0 Å². The van der Waals surface area contributed by atoms with Crippen molar-refractivity contribution in [3.8, 4) is 5.75 Å². The fraction of sp³-hybridized carbons (Fsp3) is 0.125. The van der Waals surface area contributed by atoms with Crippen LogP contribution in [0.5, 0.6) is 5.75 Å². The van der Waals surface area contributed by atoms with E-state index < -0.39 is 15.7 Å². The molecule has 2 aromatic heterocycles. The Kier molecular flexibility index (Phi) is 3.93. The van der Waals surface area contributed by atoms with Crippen molar-refractivity contribution in [3.05, 3.63) is 46.9 Å². The summed E-state index contributed by atoms with van der Waals surface area (Å²) in [7, 11) is -3.83. The maximum Gasteiger partial charge on any atom is 0.323 e. The normalized spacial score (nSPS) is 11.9. The molecule has 0 unspecified atom stereocenters. The van der Waals surface area contributed by atoms with Crippen molar-refractivity contribution in [2.45, 2.75) is 11.8 Å². The number of aromatic nitrogens is 3. The second-order valence-corrected chi connectivity index (χ2v) is 8.19. The van der Waals surface area contributed by atoms with Gasteiger partial charge in [0, 0.05) is 0 Å². The summed E-state index contributed by atoms with van der Waals surface area (Å²) in [5.41, 5.74) is 1.25. The molecule has 0 atom stereocenters. The van der Waals surface area contributed by atoms with Crippen molar-refractivity contribution in [2.75, 3.05) is 11.3 Å². The molecule has 2 aromatic carbocycles. The van der Waals surface area contributed by atoms with Gasteiger partial charge in [0.05, 0.1) is 32.8 Å². The highest BCUT2D eigenvalue weighted by Gasteiger charge is 2.18. The van der Waals surface area contributed by atoms with Crippen LogP contribution in [0.25, 0.3) is 21.3 Å². The zero-order chi connectivity index (χ0) is 18.3. The Balaban J connectivity index is 1.67. The highest BCUT2D eigenvalue weighted by Crippen LogP contribution is 2.30. The number of hydrogen-bond acceptors (Lipinski definition) is 6. The molecule has 8 nitrogen and oxygen atoms in total. The molecule has 4 rings (SSSR count). The first-order chi connectivity index (χ1) is 12.4. The maximum absolute atomic E-state index is 12.6. The molecule has 134 valence electrons. The van der Waals surface area contributed by atoms with E-state index in [2.05, 4.69) is 19.7 Å². The molecule has 3 N–H and O–H groups in total. The molecule has 0 fully saturated rings. The lowest BCUT2D eigenvalue weighted by Gasteiger charge is -2.04. The third kappa shape index (κ3) is 3.04. The van der Waals surface area contributed by atoms with Gasteiger partial charge in [-0.2, -0.15) is 0 Å². The smallest absolute Gasteiger partial charge is 0.323 e. The topological polar surface area (TPSA) is 117 Å². The van der Waals surface area contributed by atoms with Crippen molar-refractivity contribution in [1.29, 1.82) is 0 Å². The summed E-state index contributed by atoms with van der Waals surface area (Å²) in [6.45, 7) is 2.44. The molecule has 26 heavy (non-hydrogen) atoms. The molecule has 0 aliphatic heterocycles. The Bertz CT molecular complexity index is 1270. The molecule has 10 heteroatoms. The zero-order valence-electron chi connectivity index (χ0n) is 13.6. The van der Waals surface area contributed by atoms with Gasteiger partial charge in [-0.25, -0.2) is 18.2 Å². The highest BCUT2D eigenvalue weighted by atomic mass is 32.2. The van der Waals surface area contributed by atoms with Crippen LogP contribution in [0.3, 0.4) is 0 Å². The monoisotopic (exact) mass is 390 g/mol. The number of ether oxygens (including phenoxy) is 1. The standard InChI is InChI=1S/C16H14N4O4S2/c1-2-24-9-3-5-12-14(7-9)25-16(19-12)20-26(22,23)10-4-6-11-13(8-10)18-15(21)17-11/h3-8H,2H2,1H3,(H,19,20)(H2,17,18,21). The van der Waals surface area contributed by atoms with Crippen LogP contribution >= 0.6 is 11.3 Å². The predicted molar refractivity (Wildman–Crippen MR) is 101 cm³/mol. The molecule has 0 amide bonds. The number of rotatable bonds is 5. The van der Waals surface area contributed by atoms with Crippen LogP contribution < -0.4 is 15.1 Å². The molecule has 0 aliphatic carbocycles. The summed E-state index contributed by atoms with van der Waals surface area (Å²) in [5, 5.41) is 0.260. The SMILES string of the molecule is CCOc1ccc2nc(NS(=O)(=O)c3ccc4[nH]c(=O)[nH]c4c3)sc2c1. The minimum atomic E-state index is -3.83. The van der Waals surface area contributed by atoms with Crippen LogP contribution in [0.1, 0.15) is 6.92 Å². The molecule has 0 aliphatic rings. The predicted octanol–water partition coefficient (Wildman–Crippen LogP) is 2.67. The average Bonchev–Trinajstić information content (AvgIpc) is 3.14. The lowest BCUT2D eigenvalue weighted by atomic mass is 10.3. The molecule has 4 aromatic rings. The molecule has 0 saturated heterocycles. The Morgan fingerprint density at radius 1 is 1.15 bits per heavy atom. The maximum atomic E-state index is 12.6. The van der Waals surface area contributed by atoms with Gasteiger partial charge in [-0.3, -0.25) is 4.72 Å². The van der Waals surface area contributed by atoms with Crippen LogP contribution in [-0.2, 0) is 10.0 Å². The molecule has 0 bridgehead atoms. The third-order valence-electron chi connectivity index (χ3n) is 3.69. The van der Waals surface area contributed by atoms with Crippen molar-refractivity contribution in [1.82, 2.24) is 15.0 Å². The van der Waals surface area contributed by atoms with Gasteiger partial charge in [0.1, 0.15) is 5.75 Å². The van der Waals surface area contributed by atoms with Gasteiger partial charge in [0.25, 0.3) is 10.0 Å². The minimum absolute atomic E-state index is 0.0366. The van der Waals surface area contributed by atoms with Gasteiger partial charge < -0.3 is 14.7 Å². The van der Waals surface area contributed by atoms with E-state index in [0.717, 1.165) is 4.70 Å². The average molecular weight is 390 g/mol. The van der Waals surface area contributed by atoms with Crippen LogP contribution in [0, 0.1) is 0 Å². The summed E-state index contributed by atoms with van der Waals surface area (Å²) in [4.78, 5) is 20.8. The Morgan fingerprint density at radius 2 is 1.96 bits per heavy atom. The quantitative estimate of drug-likeness (QED) is 0.484. The van der Waals surface area contributed by atoms with Crippen molar-refractivity contribution >= 4 is 47.7 Å². The van der Waals surface area contributed by atoms with Gasteiger partial charge in [-0.15, -0.1) is 0 Å². The molecule has 0 saturated carbocycles. The summed E-state index contributed by atoms with van der Waals surface area (Å²) in [5.74, 6) is 0.708. The van der Waals surface area contributed by atoms with Crippen LogP contribution in [0.4, 0.5) is 5.13 Å². The van der Waals surface area contributed by atoms with Gasteiger partial charge in [0.2, 0.25) is 0 Å². The number of sulfonamides is 1. The lowest BCUT2D eigenvalue weighted by molar-refractivity contribution is 0.341. The van der Waals surface area contributed by atoms with Gasteiger partial charge in [0.15, 0.2) is 5.13 Å². The molecule has 0 radical (unpaired) electrons. The van der Waals surface area contributed by atoms with E-state index in [4.69, 9.17) is 4.74 Å². The van der Waals surface area contributed by atoms with Crippen LogP contribution in [0.2, 0.25) is 0 Å². The first-order valence-electron chi connectivity index (χ1n) is 7.73. The van der Waals surface area contributed by atoms with Crippen LogP contribution in [0.15, 0.2) is 46.1 Å². The number of nitrogens with one attached hydrogen (secondary N) is 3. The number of hydrogen-bond donors (Lipinski definition) is 3. The van der Waals surface area contributed by atoms with E-state index in [1.165, 1.54) is 29.5 Å². The third-order valence-corrected chi connectivity index (χ3v) is 6.09. The summed E-state index contributed by atoms with van der Waals surface area (Å²) in [6.07, 6.45) is 0. The van der Waals surface area contributed by atoms with Gasteiger partial charge in [-0.1, -0.05) is 11.3 Å². The van der Waals surface area contributed by atoms with Crippen LogP contribution in [-0.4, -0.2) is 30.0 Å². The van der Waals surface area contributed by atoms with Gasteiger partial charge in [-0.05, 0) is 43.3 Å². The first kappa shape index (κ1) is 16.6. The Labute approximate surface area is 151 Å². The number of benzene rings is 2. The number of H-pyrrole nitrogens is 2. The first-order valence-corrected chi connectivity index (χ1v) is 10.0. The van der Waals surface area contributed by atoms with E-state index in [1.54, 1.807) is 12.1 Å². The Hall–Kier alpha value is -2.85. The number of anilines is 1. The summed E-state index contributed by atoms with van der Waals surface area (Å²) in [6, 6.07) is 9.76. The molecule has 2 heterocycles. The van der Waals surface area contributed by atoms with E-state index in [-0.39, 0.29) is 10.0 Å². The summed E-state index contributed by atoms with van der Waals surface area (Å²) < 4.78 is 34.0. The van der Waals surface area contributed by atoms with Gasteiger partial charge >= 0.3 is 5.69 Å². The van der Waals surface area contributed by atoms with E-state index in [9.17, 15) is 13.2 Å². The van der Waals surface area contributed by atoms with E-state index in [1.807, 2.05) is 13.0 Å². The van der Waals surface area contributed by atoms with E-state index in [0.29, 0.717) is 28.9 Å². The lowest BCUT2D eigenvalue weighted by Crippen LogP contribution is -2.12. The fourth-order valence-electron chi connectivity index (χ4n) is 2.56. The second-order valence-electron chi connectivity index (χ2n) is 5.47. The fourth-order valence-corrected chi connectivity index (χ4v) is 4.71. The number of aromatic amines is 2. The molecular formula is C16H14N4O4S2.